The van der Waals surface area contributed by atoms with Crippen LogP contribution in [0.15, 0.2) is 12.8 Å². The zero-order chi connectivity index (χ0) is 9.23. The molecule has 0 aromatic rings. The molecule has 0 heterocycles. The van der Waals surface area contributed by atoms with Gasteiger partial charge in [-0.1, -0.05) is 6.58 Å². The van der Waals surface area contributed by atoms with Crippen molar-refractivity contribution in [3.8, 4) is 0 Å². The van der Waals surface area contributed by atoms with Crippen molar-refractivity contribution < 1.29 is 19.3 Å². The third kappa shape index (κ3) is 9.13. The molecule has 4 heteroatoms. The number of hydrogen-bond acceptors (Lipinski definition) is 4. The fourth-order valence-electron chi connectivity index (χ4n) is 0.507. The average Bonchev–Trinajstić information content (AvgIpc) is 2.02. The molecular weight excluding hydrogens is 160 g/mol. The van der Waals surface area contributed by atoms with Crippen LogP contribution in [0.4, 0.5) is 0 Å². The minimum Gasteiger partial charge on any atom is -0.378 e. The van der Waals surface area contributed by atoms with Crippen molar-refractivity contribution in [1.82, 2.24) is 0 Å². The van der Waals surface area contributed by atoms with Gasteiger partial charge in [0.15, 0.2) is 0 Å². The number of hydrogen-bond donors (Lipinski definition) is 0. The maximum atomic E-state index is 10.4. The highest BCUT2D eigenvalue weighted by molar-refractivity contribution is 5.75. The molecule has 0 aromatic carbocycles. The van der Waals surface area contributed by atoms with E-state index in [2.05, 4.69) is 16.4 Å². The summed E-state index contributed by atoms with van der Waals surface area (Å²) < 4.78 is 5.03. The van der Waals surface area contributed by atoms with Crippen LogP contribution < -0.4 is 0 Å². The van der Waals surface area contributed by atoms with Crippen LogP contribution in [0.2, 0.25) is 0 Å². The van der Waals surface area contributed by atoms with Crippen molar-refractivity contribution in [2.45, 2.75) is 13.3 Å². The van der Waals surface area contributed by atoms with Gasteiger partial charge in [0.05, 0.1) is 13.2 Å². The number of carbonyl (C=O) groups is 1. The number of ketones is 1. The minimum absolute atomic E-state index is 0.123. The standard InChI is InChI=1S/C8H14O4/c1-3-11-12-7-6-10-5-4-8(2)9/h3H,1,4-7H2,2H3. The van der Waals surface area contributed by atoms with E-state index >= 15 is 0 Å². The summed E-state index contributed by atoms with van der Waals surface area (Å²) in [6.07, 6.45) is 1.64. The van der Waals surface area contributed by atoms with E-state index in [0.717, 1.165) is 0 Å². The average molecular weight is 174 g/mol. The summed E-state index contributed by atoms with van der Waals surface area (Å²) in [6.45, 7) is 6.01. The molecule has 0 aliphatic carbocycles. The van der Waals surface area contributed by atoms with Crippen LogP contribution >= 0.6 is 0 Å². The molecule has 0 aromatic heterocycles. The lowest BCUT2D eigenvalue weighted by Gasteiger charge is -2.01. The first kappa shape index (κ1) is 11.1. The van der Waals surface area contributed by atoms with E-state index < -0.39 is 0 Å². The summed E-state index contributed by atoms with van der Waals surface area (Å²) in [6, 6.07) is 0. The second-order valence-corrected chi connectivity index (χ2v) is 2.15. The third-order valence-corrected chi connectivity index (χ3v) is 1.05. The molecule has 0 rings (SSSR count). The highest BCUT2D eigenvalue weighted by Crippen LogP contribution is 1.85. The molecule has 0 N–H and O–H groups in total. The number of ether oxygens (including phenoxy) is 1. The van der Waals surface area contributed by atoms with Gasteiger partial charge in [-0.25, -0.2) is 0 Å². The van der Waals surface area contributed by atoms with E-state index in [1.165, 1.54) is 13.2 Å². The lowest BCUT2D eigenvalue weighted by Crippen LogP contribution is -2.06. The van der Waals surface area contributed by atoms with Crippen LogP contribution in [0, 0.1) is 0 Å². The van der Waals surface area contributed by atoms with Gasteiger partial charge >= 0.3 is 0 Å². The van der Waals surface area contributed by atoms with Gasteiger partial charge in [-0.2, -0.15) is 4.89 Å². The summed E-state index contributed by atoms with van der Waals surface area (Å²) in [5.74, 6) is 0.123. The van der Waals surface area contributed by atoms with E-state index in [9.17, 15) is 4.79 Å². The van der Waals surface area contributed by atoms with E-state index in [-0.39, 0.29) is 5.78 Å². The number of Topliss-reactive ketones (excluding diaryl/α,β-unsaturated/α-hetero) is 1. The molecule has 0 unspecified atom stereocenters. The van der Waals surface area contributed by atoms with Crippen molar-refractivity contribution in [3.05, 3.63) is 12.8 Å². The first-order valence-corrected chi connectivity index (χ1v) is 3.73. The maximum absolute atomic E-state index is 10.4. The molecule has 0 aliphatic heterocycles. The molecule has 4 nitrogen and oxygen atoms in total. The van der Waals surface area contributed by atoms with Crippen molar-refractivity contribution >= 4 is 5.78 Å². The van der Waals surface area contributed by atoms with Gasteiger partial charge in [0, 0.05) is 6.42 Å². The van der Waals surface area contributed by atoms with Crippen LogP contribution in [0.25, 0.3) is 0 Å². The fraction of sp³-hybridized carbons (Fsp3) is 0.625. The Kier molecular flexibility index (Phi) is 7.63. The van der Waals surface area contributed by atoms with E-state index in [4.69, 9.17) is 4.74 Å². The van der Waals surface area contributed by atoms with Crippen LogP contribution in [0.3, 0.4) is 0 Å². The molecule has 0 bridgehead atoms. The number of carbonyl (C=O) groups excluding carboxylic acids is 1. The fourth-order valence-corrected chi connectivity index (χ4v) is 0.507. The molecule has 0 atom stereocenters. The second-order valence-electron chi connectivity index (χ2n) is 2.15. The van der Waals surface area contributed by atoms with Gasteiger partial charge in [0.2, 0.25) is 0 Å². The highest BCUT2D eigenvalue weighted by Gasteiger charge is 1.93. The third-order valence-electron chi connectivity index (χ3n) is 1.05. The van der Waals surface area contributed by atoms with E-state index in [1.54, 1.807) is 0 Å². The van der Waals surface area contributed by atoms with Gasteiger partial charge in [-0.05, 0) is 6.92 Å². The minimum atomic E-state index is 0.123. The molecule has 70 valence electrons. The molecule has 0 amide bonds. The predicted octanol–water partition coefficient (Wildman–Crippen LogP) is 1.07. The molecule has 0 spiro atoms. The normalized spacial score (nSPS) is 9.42. The summed E-state index contributed by atoms with van der Waals surface area (Å²) in [5, 5.41) is 0. The van der Waals surface area contributed by atoms with Crippen LogP contribution in [0.1, 0.15) is 13.3 Å². The summed E-state index contributed by atoms with van der Waals surface area (Å²) in [4.78, 5) is 19.4. The van der Waals surface area contributed by atoms with Crippen molar-refractivity contribution in [2.24, 2.45) is 0 Å². The topological polar surface area (TPSA) is 44.8 Å². The van der Waals surface area contributed by atoms with E-state index in [0.29, 0.717) is 26.2 Å². The zero-order valence-electron chi connectivity index (χ0n) is 7.25. The summed E-state index contributed by atoms with van der Waals surface area (Å²) in [5.41, 5.74) is 0. The Morgan fingerprint density at radius 3 is 2.75 bits per heavy atom. The Labute approximate surface area is 72.0 Å². The van der Waals surface area contributed by atoms with Crippen LogP contribution in [0.5, 0.6) is 0 Å². The quantitative estimate of drug-likeness (QED) is 0.239. The molecule has 0 aliphatic rings. The van der Waals surface area contributed by atoms with Gasteiger partial charge in [0.1, 0.15) is 18.7 Å². The second kappa shape index (κ2) is 8.23. The van der Waals surface area contributed by atoms with Gasteiger partial charge < -0.3 is 9.62 Å². The summed E-state index contributed by atoms with van der Waals surface area (Å²) >= 11 is 0. The van der Waals surface area contributed by atoms with Crippen molar-refractivity contribution in [1.29, 1.82) is 0 Å². The largest absolute Gasteiger partial charge is 0.378 e. The Hall–Kier alpha value is -0.870. The SMILES string of the molecule is C=COOCCOCCC(C)=O. The molecule has 0 saturated carbocycles. The lowest BCUT2D eigenvalue weighted by atomic mass is 10.3. The lowest BCUT2D eigenvalue weighted by molar-refractivity contribution is -0.254. The van der Waals surface area contributed by atoms with Gasteiger partial charge in [-0.3, -0.25) is 4.79 Å². The van der Waals surface area contributed by atoms with Crippen LogP contribution in [-0.2, 0) is 19.3 Å². The highest BCUT2D eigenvalue weighted by atomic mass is 17.2. The molecule has 12 heavy (non-hydrogen) atoms. The van der Waals surface area contributed by atoms with Gasteiger partial charge in [-0.15, -0.1) is 0 Å². The van der Waals surface area contributed by atoms with Crippen LogP contribution in [-0.4, -0.2) is 25.6 Å². The molecular formula is C8H14O4. The Morgan fingerprint density at radius 2 is 2.17 bits per heavy atom. The van der Waals surface area contributed by atoms with Crippen molar-refractivity contribution in [3.63, 3.8) is 0 Å². The first-order valence-electron chi connectivity index (χ1n) is 3.73. The Bertz CT molecular complexity index is 133. The smallest absolute Gasteiger partial charge is 0.132 e. The zero-order valence-corrected chi connectivity index (χ0v) is 7.25. The molecule has 0 radical (unpaired) electrons. The molecule has 0 saturated heterocycles. The Balaban J connectivity index is 2.90. The number of rotatable bonds is 8. The first-order chi connectivity index (χ1) is 5.77. The summed E-state index contributed by atoms with van der Waals surface area (Å²) in [7, 11) is 0. The molecule has 0 fully saturated rings. The van der Waals surface area contributed by atoms with Gasteiger partial charge in [0.25, 0.3) is 0 Å². The predicted molar refractivity (Wildman–Crippen MR) is 43.4 cm³/mol. The van der Waals surface area contributed by atoms with E-state index in [1.807, 2.05) is 0 Å². The van der Waals surface area contributed by atoms with Crippen molar-refractivity contribution in [2.75, 3.05) is 19.8 Å². The Morgan fingerprint density at radius 1 is 1.42 bits per heavy atom. The maximum Gasteiger partial charge on any atom is 0.132 e. The monoisotopic (exact) mass is 174 g/mol.